The number of ether oxygens (including phenoxy) is 3. The standard InChI is InChI=1S/C81H148N6O28Si8/c1-116(2,112-121(11,12)47-22-31-63-55-71(94)109-79(63)106)42-17-26-58(54-70(92)93)74(97)86-37-36-82-34-25-35-83-66(88)50-59(75(98)99)27-18-43-117(3,4)113-118(5,6)44-19-28-60(76(100)101)51-67(89)84-38-40-87(69(91)53-62(78(104)105)30-21-46-120(9,10)115-123(15,16)49-24-33-65-57-73(96)111-81(65)108)41-39-85-68(90)52-61(77(102)103)29-20-45-119(7,8)114-122(13,14)48-23-32-64-56-72(95)110-80(64)107/h58-65,82H,17-57H2,1-16H3,(H,83,88)(H,84,89)(H,85,90)(H,86,97)(H,92,93)(H,98,99)(H,100,101)(H,102,103)(H,104,105). The Morgan fingerprint density at radius 3 is 0.870 bits per heavy atom. The second-order valence-corrected chi connectivity index (χ2v) is 74.2. The number of cyclic esters (lactones) is 6. The smallest absolute Gasteiger partial charge is 0.317 e. The van der Waals surface area contributed by atoms with Crippen LogP contribution in [0.15, 0.2) is 0 Å². The first-order valence-electron chi connectivity index (χ1n) is 44.2. The average molecular weight is 1880 g/mol. The summed E-state index contributed by atoms with van der Waals surface area (Å²) in [6.07, 6.45) is 6.29. The molecule has 34 nitrogen and oxygen atoms in total. The topological polar surface area (TPSA) is 502 Å². The third kappa shape index (κ3) is 47.9. The Labute approximate surface area is 735 Å². The van der Waals surface area contributed by atoms with Crippen LogP contribution >= 0.6 is 0 Å². The molecule has 0 bridgehead atoms. The van der Waals surface area contributed by atoms with Crippen molar-refractivity contribution in [1.29, 1.82) is 0 Å². The molecule has 0 radical (unpaired) electrons. The summed E-state index contributed by atoms with van der Waals surface area (Å²) in [5, 5.41) is 65.0. The van der Waals surface area contributed by atoms with Gasteiger partial charge in [-0.25, -0.2) is 0 Å². The van der Waals surface area contributed by atoms with E-state index in [2.05, 4.69) is 102 Å². The van der Waals surface area contributed by atoms with E-state index in [1.54, 1.807) is 0 Å². The highest BCUT2D eigenvalue weighted by Crippen LogP contribution is 2.35. The molecule has 123 heavy (non-hydrogen) atoms. The number of nitrogens with zero attached hydrogens (tertiary/aromatic N) is 1. The Morgan fingerprint density at radius 2 is 0.602 bits per heavy atom. The first-order chi connectivity index (χ1) is 57.0. The Kier molecular flexibility index (Phi) is 47.6. The van der Waals surface area contributed by atoms with Crippen LogP contribution in [0.1, 0.15) is 161 Å². The summed E-state index contributed by atoms with van der Waals surface area (Å²) in [6.45, 7) is 33.9. The zero-order valence-corrected chi connectivity index (χ0v) is 84.2. The number of nitrogens with one attached hydrogen (secondary N) is 5. The fraction of sp³-hybridized carbons (Fsp3) is 0.802. The lowest BCUT2D eigenvalue weighted by atomic mass is 9.99. The molecule has 0 aromatic heterocycles. The van der Waals surface area contributed by atoms with Crippen LogP contribution in [0.5, 0.6) is 0 Å². The SMILES string of the molecule is C[Si](C)(CCCC(CC(=O)NCCCNCCNC(=O)C(CCC[Si](C)(C)O[Si](C)(C)CCCC1CC(=O)OC1=O)CC(=O)O)C(=O)O)O[Si](C)(C)CCCC(CC(=O)NCCN(CCNC(=O)CC(CCC[Si](C)(C)O[Si](C)(C)CCCC1CC(=O)OC1=O)C(=O)O)C(=O)CC(CCC[Si](C)(C)O[Si](C)(C)CCCC1CC(=O)OC1=O)C(=O)O)C(=O)O. The first-order valence-corrected chi connectivity index (χ1v) is 69.1. The number of carboxylic acid groups (broad SMARTS) is 5. The molecule has 8 unspecified atom stereocenters. The predicted molar refractivity (Wildman–Crippen MR) is 479 cm³/mol. The maximum absolute atomic E-state index is 14.3. The van der Waals surface area contributed by atoms with Gasteiger partial charge in [-0.3, -0.25) is 76.7 Å². The summed E-state index contributed by atoms with van der Waals surface area (Å²) in [5.74, 6) is -17.4. The van der Waals surface area contributed by atoms with Crippen LogP contribution in [-0.2, 0) is 107 Å². The van der Waals surface area contributed by atoms with Crippen LogP contribution in [0.25, 0.3) is 0 Å². The molecule has 42 heteroatoms. The zero-order chi connectivity index (χ0) is 92.9. The fourth-order valence-corrected chi connectivity index (χ4v) is 52.5. The second kappa shape index (κ2) is 52.8. The third-order valence-electron chi connectivity index (χ3n) is 22.9. The van der Waals surface area contributed by atoms with Crippen LogP contribution in [0.2, 0.25) is 153 Å². The molecule has 3 saturated heterocycles. The van der Waals surface area contributed by atoms with E-state index in [-0.39, 0.29) is 109 Å². The summed E-state index contributed by atoms with van der Waals surface area (Å²) in [7, 11) is -18.4. The number of hydrogen-bond donors (Lipinski definition) is 10. The van der Waals surface area contributed by atoms with Crippen molar-refractivity contribution >= 4 is 162 Å². The highest BCUT2D eigenvalue weighted by Gasteiger charge is 2.42. The number of carbonyl (C=O) groups excluding carboxylic acids is 11. The van der Waals surface area contributed by atoms with Crippen LogP contribution < -0.4 is 26.6 Å². The number of aliphatic carboxylic acids is 5. The van der Waals surface area contributed by atoms with Gasteiger partial charge in [0.1, 0.15) is 0 Å². The number of hydrogen-bond acceptors (Lipinski definition) is 24. The quantitative estimate of drug-likeness (QED) is 0.00889. The number of esters is 6. The summed E-state index contributed by atoms with van der Waals surface area (Å²) >= 11 is 0. The van der Waals surface area contributed by atoms with Gasteiger partial charge in [0.2, 0.25) is 29.5 Å². The van der Waals surface area contributed by atoms with Gasteiger partial charge in [-0.15, -0.1) is 0 Å². The molecule has 0 aromatic rings. The van der Waals surface area contributed by atoms with Gasteiger partial charge in [-0.05, 0) is 217 Å². The van der Waals surface area contributed by atoms with Crippen molar-refractivity contribution in [3.05, 3.63) is 0 Å². The Hall–Kier alpha value is -6.34. The van der Waals surface area contributed by atoms with Crippen molar-refractivity contribution in [2.75, 3.05) is 52.4 Å². The number of carbonyl (C=O) groups is 16. The van der Waals surface area contributed by atoms with E-state index in [1.165, 1.54) is 4.90 Å². The van der Waals surface area contributed by atoms with Gasteiger partial charge in [0.05, 0.1) is 67.1 Å². The molecule has 0 aliphatic carbocycles. The Morgan fingerprint density at radius 1 is 0.333 bits per heavy atom. The third-order valence-corrected chi connectivity index (χ3v) is 53.0. The van der Waals surface area contributed by atoms with Crippen LogP contribution in [0, 0.1) is 47.3 Å². The van der Waals surface area contributed by atoms with Crippen molar-refractivity contribution in [2.24, 2.45) is 47.3 Å². The van der Waals surface area contributed by atoms with Crippen LogP contribution in [0.4, 0.5) is 0 Å². The highest BCUT2D eigenvalue weighted by atomic mass is 28.4. The maximum Gasteiger partial charge on any atom is 0.317 e. The Balaban J connectivity index is 1.50. The molecular formula is C81H148N6O28Si8. The highest BCUT2D eigenvalue weighted by molar-refractivity contribution is 6.86. The summed E-state index contributed by atoms with van der Waals surface area (Å²) in [6, 6.07) is 5.40. The van der Waals surface area contributed by atoms with Crippen molar-refractivity contribution < 1.29 is 133 Å². The summed E-state index contributed by atoms with van der Waals surface area (Å²) in [5.41, 5.74) is 0. The molecule has 0 spiro atoms. The van der Waals surface area contributed by atoms with Gasteiger partial charge in [0, 0.05) is 77.4 Å². The van der Waals surface area contributed by atoms with Crippen molar-refractivity contribution in [2.45, 2.75) is 314 Å². The van der Waals surface area contributed by atoms with E-state index in [4.69, 9.17) is 21.2 Å². The molecule has 3 fully saturated rings. The van der Waals surface area contributed by atoms with Gasteiger partial charge in [-0.2, -0.15) is 0 Å². The molecule has 0 aromatic carbocycles. The van der Waals surface area contributed by atoms with E-state index in [1.807, 2.05) is 39.3 Å². The molecule has 3 aliphatic rings. The normalized spacial score (nSPS) is 17.5. The van der Waals surface area contributed by atoms with E-state index < -0.39 is 216 Å². The molecule has 3 heterocycles. The lowest BCUT2D eigenvalue weighted by molar-refractivity contribution is -0.155. The molecule has 0 saturated carbocycles. The van der Waals surface area contributed by atoms with E-state index >= 15 is 0 Å². The molecule has 3 aliphatic heterocycles. The molecule has 3 rings (SSSR count). The summed E-state index contributed by atoms with van der Waals surface area (Å²) < 4.78 is 41.1. The summed E-state index contributed by atoms with van der Waals surface area (Å²) in [4.78, 5) is 202. The van der Waals surface area contributed by atoms with E-state index in [9.17, 15) is 102 Å². The fourth-order valence-electron chi connectivity index (χ4n) is 16.8. The van der Waals surface area contributed by atoms with Crippen molar-refractivity contribution in [3.63, 3.8) is 0 Å². The molecule has 5 amide bonds. The number of amides is 5. The van der Waals surface area contributed by atoms with Crippen LogP contribution in [-0.4, -0.2) is 245 Å². The Bertz CT molecular complexity index is 3570. The largest absolute Gasteiger partial charge is 0.481 e. The van der Waals surface area contributed by atoms with Gasteiger partial charge in [0.25, 0.3) is 0 Å². The monoisotopic (exact) mass is 1880 g/mol. The van der Waals surface area contributed by atoms with Gasteiger partial charge in [-0.1, -0.05) is 51.4 Å². The molecule has 8 atom stereocenters. The lowest BCUT2D eigenvalue weighted by Gasteiger charge is -2.34. The van der Waals surface area contributed by atoms with Gasteiger partial charge < -0.3 is 87.7 Å². The van der Waals surface area contributed by atoms with Crippen molar-refractivity contribution in [3.8, 4) is 0 Å². The first kappa shape index (κ1) is 111. The van der Waals surface area contributed by atoms with Crippen LogP contribution in [0.3, 0.4) is 0 Å². The zero-order valence-electron chi connectivity index (χ0n) is 76.2. The van der Waals surface area contributed by atoms with Crippen molar-refractivity contribution in [1.82, 2.24) is 31.5 Å². The second-order valence-electron chi connectivity index (χ2n) is 38.8. The minimum Gasteiger partial charge on any atom is -0.481 e. The molecular weight excluding hydrogens is 1730 g/mol. The molecule has 702 valence electrons. The maximum atomic E-state index is 14.3. The minimum absolute atomic E-state index is 0.0674. The molecule has 10 N–H and O–H groups in total. The minimum atomic E-state index is -2.47. The van der Waals surface area contributed by atoms with Gasteiger partial charge >= 0.3 is 65.7 Å². The lowest BCUT2D eigenvalue weighted by Crippen LogP contribution is -2.44. The van der Waals surface area contributed by atoms with E-state index in [0.717, 1.165) is 30.6 Å². The van der Waals surface area contributed by atoms with E-state index in [0.29, 0.717) is 114 Å². The average Bonchev–Trinajstić information content (AvgIpc) is 1.44. The number of carboxylic acids is 5. The predicted octanol–water partition coefficient (Wildman–Crippen LogP) is 10.9. The number of rotatable bonds is 68. The van der Waals surface area contributed by atoms with Gasteiger partial charge in [0.15, 0.2) is 66.5 Å².